The molecule has 0 atom stereocenters. The summed E-state index contributed by atoms with van der Waals surface area (Å²) in [6.45, 7) is 1.06. The average Bonchev–Trinajstić information content (AvgIpc) is 2.01. The van der Waals surface area contributed by atoms with E-state index in [-0.39, 0.29) is 5.02 Å². The Morgan fingerprint density at radius 3 is 2.54 bits per heavy atom. The summed E-state index contributed by atoms with van der Waals surface area (Å²) in [5, 5.41) is 17.8. The molecule has 0 saturated heterocycles. The summed E-state index contributed by atoms with van der Waals surface area (Å²) in [5.74, 6) is -3.26. The van der Waals surface area contributed by atoms with Crippen LogP contribution < -0.4 is 0 Å². The van der Waals surface area contributed by atoms with E-state index in [1.165, 1.54) is 0 Å². The molecule has 13 heavy (non-hydrogen) atoms. The van der Waals surface area contributed by atoms with E-state index >= 15 is 0 Å². The van der Waals surface area contributed by atoms with Gasteiger partial charge in [0, 0.05) is 6.07 Å². The monoisotopic (exact) mass is 204 g/mol. The van der Waals surface area contributed by atoms with E-state index < -0.39 is 28.7 Å². The number of rotatable bonds is 1. The first-order chi connectivity index (χ1) is 5.95. The number of carbonyl (C=O) groups is 1. The highest BCUT2D eigenvalue weighted by Gasteiger charge is 2.19. The van der Waals surface area contributed by atoms with Gasteiger partial charge in [-0.3, -0.25) is 4.79 Å². The fraction of sp³-hybridized carbons (Fsp3) is 0.125. The van der Waals surface area contributed by atoms with Crippen molar-refractivity contribution in [3.05, 3.63) is 22.5 Å². The molecule has 0 aliphatic carbocycles. The SMILES string of the molecule is CC(=O)c1c(O)c(Cl)cc(O)c1F. The number of phenols is 2. The quantitative estimate of drug-likeness (QED) is 0.544. The van der Waals surface area contributed by atoms with Gasteiger partial charge < -0.3 is 10.2 Å². The van der Waals surface area contributed by atoms with Gasteiger partial charge in [0.15, 0.2) is 17.3 Å². The van der Waals surface area contributed by atoms with Crippen molar-refractivity contribution in [1.82, 2.24) is 0 Å². The van der Waals surface area contributed by atoms with Crippen LogP contribution >= 0.6 is 11.6 Å². The number of aromatic hydroxyl groups is 2. The Labute approximate surface area is 78.4 Å². The molecule has 0 aliphatic heterocycles. The number of carbonyl (C=O) groups excluding carboxylic acids is 1. The molecule has 0 radical (unpaired) electrons. The lowest BCUT2D eigenvalue weighted by molar-refractivity contribution is 0.101. The summed E-state index contributed by atoms with van der Waals surface area (Å²) < 4.78 is 13.0. The van der Waals surface area contributed by atoms with Crippen LogP contribution in [0.3, 0.4) is 0 Å². The molecule has 0 saturated carbocycles. The maximum absolute atomic E-state index is 13.0. The van der Waals surface area contributed by atoms with Gasteiger partial charge in [0.25, 0.3) is 0 Å². The normalized spacial score (nSPS) is 10.1. The average molecular weight is 205 g/mol. The van der Waals surface area contributed by atoms with Crippen molar-refractivity contribution in [2.24, 2.45) is 0 Å². The van der Waals surface area contributed by atoms with E-state index in [9.17, 15) is 9.18 Å². The van der Waals surface area contributed by atoms with Crippen molar-refractivity contribution in [2.75, 3.05) is 0 Å². The fourth-order valence-electron chi connectivity index (χ4n) is 0.924. The van der Waals surface area contributed by atoms with Crippen LogP contribution in [0.5, 0.6) is 11.5 Å². The molecular formula is C8H6ClFO3. The van der Waals surface area contributed by atoms with Crippen LogP contribution in [0.25, 0.3) is 0 Å². The van der Waals surface area contributed by atoms with Gasteiger partial charge in [0.2, 0.25) is 0 Å². The highest BCUT2D eigenvalue weighted by molar-refractivity contribution is 6.32. The predicted octanol–water partition coefficient (Wildman–Crippen LogP) is 2.09. The number of hydrogen-bond acceptors (Lipinski definition) is 3. The number of benzene rings is 1. The number of ketones is 1. The molecular weight excluding hydrogens is 199 g/mol. The van der Waals surface area contributed by atoms with Crippen molar-refractivity contribution >= 4 is 17.4 Å². The lowest BCUT2D eigenvalue weighted by Gasteiger charge is -2.05. The van der Waals surface area contributed by atoms with E-state index in [1.807, 2.05) is 0 Å². The van der Waals surface area contributed by atoms with Crippen LogP contribution in [0.1, 0.15) is 17.3 Å². The van der Waals surface area contributed by atoms with E-state index in [0.29, 0.717) is 0 Å². The second-order valence-corrected chi connectivity index (χ2v) is 2.88. The third kappa shape index (κ3) is 1.58. The van der Waals surface area contributed by atoms with Gasteiger partial charge >= 0.3 is 0 Å². The van der Waals surface area contributed by atoms with Gasteiger partial charge in [-0.05, 0) is 6.92 Å². The molecule has 2 N–H and O–H groups in total. The van der Waals surface area contributed by atoms with Crippen LogP contribution in [-0.2, 0) is 0 Å². The Kier molecular flexibility index (Phi) is 2.43. The summed E-state index contributed by atoms with van der Waals surface area (Å²) in [4.78, 5) is 10.8. The van der Waals surface area contributed by atoms with E-state index in [1.54, 1.807) is 0 Å². The largest absolute Gasteiger partial charge is 0.506 e. The molecule has 1 aromatic carbocycles. The highest BCUT2D eigenvalue weighted by Crippen LogP contribution is 2.35. The van der Waals surface area contributed by atoms with Crippen molar-refractivity contribution in [2.45, 2.75) is 6.92 Å². The van der Waals surface area contributed by atoms with Crippen molar-refractivity contribution in [3.63, 3.8) is 0 Å². The summed E-state index contributed by atoms with van der Waals surface area (Å²) in [6, 6.07) is 0.832. The first-order valence-corrected chi connectivity index (χ1v) is 3.73. The van der Waals surface area contributed by atoms with Crippen LogP contribution in [-0.4, -0.2) is 16.0 Å². The summed E-state index contributed by atoms with van der Waals surface area (Å²) in [6.07, 6.45) is 0. The zero-order chi connectivity index (χ0) is 10.2. The topological polar surface area (TPSA) is 57.5 Å². The molecule has 0 unspecified atom stereocenters. The summed E-state index contributed by atoms with van der Waals surface area (Å²) >= 11 is 5.41. The fourth-order valence-corrected chi connectivity index (χ4v) is 1.12. The molecule has 0 amide bonds. The van der Waals surface area contributed by atoms with Gasteiger partial charge in [-0.2, -0.15) is 0 Å². The third-order valence-corrected chi connectivity index (χ3v) is 1.81. The van der Waals surface area contributed by atoms with Gasteiger partial charge in [-0.15, -0.1) is 0 Å². The van der Waals surface area contributed by atoms with Crippen molar-refractivity contribution in [3.8, 4) is 11.5 Å². The highest BCUT2D eigenvalue weighted by atomic mass is 35.5. The van der Waals surface area contributed by atoms with Crippen molar-refractivity contribution in [1.29, 1.82) is 0 Å². The van der Waals surface area contributed by atoms with Crippen molar-refractivity contribution < 1.29 is 19.4 Å². The lowest BCUT2D eigenvalue weighted by Crippen LogP contribution is -1.98. The Bertz CT molecular complexity index is 350. The van der Waals surface area contributed by atoms with Crippen LogP contribution in [0.4, 0.5) is 4.39 Å². The Morgan fingerprint density at radius 1 is 1.54 bits per heavy atom. The van der Waals surface area contributed by atoms with E-state index in [2.05, 4.69) is 0 Å². The molecule has 3 nitrogen and oxygen atoms in total. The number of phenolic OH excluding ortho intramolecular Hbond substituents is 2. The van der Waals surface area contributed by atoms with Gasteiger partial charge in [-0.1, -0.05) is 11.6 Å². The Balaban J connectivity index is 3.56. The third-order valence-electron chi connectivity index (χ3n) is 1.52. The predicted molar refractivity (Wildman–Crippen MR) is 44.7 cm³/mol. The molecule has 5 heteroatoms. The molecule has 70 valence electrons. The van der Waals surface area contributed by atoms with Crippen LogP contribution in [0, 0.1) is 5.82 Å². The smallest absolute Gasteiger partial charge is 0.179 e. The number of halogens is 2. The standard InChI is InChI=1S/C8H6ClFO3/c1-3(11)6-7(10)5(12)2-4(9)8(6)13/h2,12-13H,1H3. The van der Waals surface area contributed by atoms with E-state index in [0.717, 1.165) is 13.0 Å². The Hall–Kier alpha value is -1.29. The van der Waals surface area contributed by atoms with Crippen LogP contribution in [0.15, 0.2) is 6.07 Å². The van der Waals surface area contributed by atoms with E-state index in [4.69, 9.17) is 21.8 Å². The van der Waals surface area contributed by atoms with Crippen LogP contribution in [0.2, 0.25) is 5.02 Å². The van der Waals surface area contributed by atoms with Gasteiger partial charge in [0.1, 0.15) is 11.3 Å². The van der Waals surface area contributed by atoms with Gasteiger partial charge in [-0.25, -0.2) is 4.39 Å². The summed E-state index contributed by atoms with van der Waals surface area (Å²) in [5.41, 5.74) is -0.593. The first kappa shape index (κ1) is 9.80. The molecule has 0 aliphatic rings. The minimum atomic E-state index is -1.16. The maximum atomic E-state index is 13.0. The second kappa shape index (κ2) is 3.22. The zero-order valence-electron chi connectivity index (χ0n) is 6.64. The Morgan fingerprint density at radius 2 is 2.08 bits per heavy atom. The number of hydrogen-bond donors (Lipinski definition) is 2. The first-order valence-electron chi connectivity index (χ1n) is 3.36. The molecule has 0 fully saturated rings. The molecule has 1 aromatic rings. The molecule has 0 spiro atoms. The number of Topliss-reactive ketones (excluding diaryl/α,β-unsaturated/α-hetero) is 1. The molecule has 0 bridgehead atoms. The zero-order valence-corrected chi connectivity index (χ0v) is 7.39. The minimum absolute atomic E-state index is 0.260. The summed E-state index contributed by atoms with van der Waals surface area (Å²) in [7, 11) is 0. The molecule has 1 rings (SSSR count). The van der Waals surface area contributed by atoms with Gasteiger partial charge in [0.05, 0.1) is 5.02 Å². The minimum Gasteiger partial charge on any atom is -0.506 e. The lowest BCUT2D eigenvalue weighted by atomic mass is 10.1. The second-order valence-electron chi connectivity index (χ2n) is 2.47. The molecule has 0 heterocycles. The maximum Gasteiger partial charge on any atom is 0.179 e. The molecule has 0 aromatic heterocycles.